The van der Waals surface area contributed by atoms with E-state index in [4.69, 9.17) is 35.7 Å². The molecule has 0 spiro atoms. The number of halogens is 7. The van der Waals surface area contributed by atoms with Gasteiger partial charge in [0, 0.05) is 106 Å². The Morgan fingerprint density at radius 1 is 0.504 bits per heavy atom. The van der Waals surface area contributed by atoms with Gasteiger partial charge in [0.25, 0.3) is 5.91 Å². The number of fused-ring (bicyclic) bond motifs is 3. The Bertz CT molecular complexity index is 5610. The maximum absolute atomic E-state index is 15.9. The third-order valence-corrected chi connectivity index (χ3v) is 19.6. The highest BCUT2D eigenvalue weighted by atomic mass is 79.9. The Morgan fingerprint density at radius 2 is 0.882 bits per heavy atom. The number of piperidine rings is 4. The number of aromatic nitrogens is 13. The van der Waals surface area contributed by atoms with Crippen molar-refractivity contribution < 1.29 is 60.8 Å². The minimum atomic E-state index is -2.40. The lowest BCUT2D eigenvalue weighted by Gasteiger charge is -2.36. The van der Waals surface area contributed by atoms with Gasteiger partial charge in [-0.25, -0.2) is 81.8 Å². The molecular weight excluding hydrogens is 1750 g/mol. The molecule has 0 saturated carbocycles. The molecule has 0 aliphatic carbocycles. The number of anilines is 2. The van der Waals surface area contributed by atoms with E-state index in [9.17, 15) is 39.4 Å². The third-order valence-electron chi connectivity index (χ3n) is 18.3. The molecule has 4 amide bonds. The Balaban J connectivity index is 0.000000160. The minimum absolute atomic E-state index is 0.00787. The molecule has 6 N–H and O–H groups in total. The first-order valence-corrected chi connectivity index (χ1v) is 39.3. The van der Waals surface area contributed by atoms with Crippen molar-refractivity contribution in [3.8, 4) is 40.6 Å². The van der Waals surface area contributed by atoms with Gasteiger partial charge in [-0.3, -0.25) is 25.0 Å². The molecule has 35 nitrogen and oxygen atoms in total. The summed E-state index contributed by atoms with van der Waals surface area (Å²) in [6.07, 6.45) is 13.5. The SMILES string of the molecule is CC(C)(C)OC(=O)N1CCC[C@](F)(C(=O)Nc2ncc(Br)cc2[N+](=O)[O-])C1.CC(C)(C)OC(=O)N1CCC[C@](F)(c2nc3ncc(-c4ccnc(C#N)c4)cc3[nH]2)C1.CC(C)(C)OC(=O)N1CCC[C@](F)(c2nc3ncc(Br)cc3[nH]2)C1.N#Cc1cc(-c2cnc3nc([C@@]4(F)CCCN(C#N)C4)[nH]c3c2)ccn1.Nc1ncc(Br)cc1[N+](=O)[O-]. The number of aromatic amines is 3. The second-order valence-electron chi connectivity index (χ2n) is 31.1. The number of imidazole rings is 3. The Kier molecular flexibility index (Phi) is 27.5. The lowest BCUT2D eigenvalue weighted by molar-refractivity contribution is -0.384. The summed E-state index contributed by atoms with van der Waals surface area (Å²) in [5.41, 5.74) is 1.75. The standard InChI is InChI=1S/C22H23FN6O2.C18H14FN7.C16H20BrFN4O5.C16H20BrFN4O2.C5H4BrN3O2/c1-21(2,3)31-20(30)29-8-4-6-22(23,13-29)19-27-17-10-15(12-26-18(17)28-19)14-5-7-25-16(9-14)11-24;19-18(3-1-5-26(10-18)11-21)17-24-15-7-13(9-23-16(15)25-17)12-2-4-22-14(6-12)8-20;1-15(2,3)27-14(24)21-6-4-5-16(18,9-21)13(23)20-12-11(22(25)26)7-10(17)8-19-12;1-15(2,3)24-14(23)22-6-4-5-16(18,9-22)13-20-11-7-10(17)8-19-12(11)21-13;6-3-1-4(9(10)11)5(7)8-2-3/h5,7,9-10,12H,4,6,8,13H2,1-3H3,(H,26,27,28);2,4,6-7,9H,1,3,5,10H2,(H,23,24,25);7-8H,4-6,9H2,1-3H3,(H,19,20,23);7-8H,4-6,9H2,1-3H3,(H,19,20,21);1-2H,(H2,7,8)/t22-;18-;2*16-;/m1111./s1. The van der Waals surface area contributed by atoms with E-state index in [0.717, 1.165) is 37.7 Å². The number of nitrogen functional groups attached to an aromatic ring is 1. The van der Waals surface area contributed by atoms with Gasteiger partial charge in [0.05, 0.1) is 52.6 Å². The molecule has 42 heteroatoms. The van der Waals surface area contributed by atoms with Gasteiger partial charge in [0.1, 0.15) is 57.8 Å². The number of hydrogen-bond donors (Lipinski definition) is 5. The van der Waals surface area contributed by atoms with Crippen LogP contribution in [0.2, 0.25) is 0 Å². The minimum Gasteiger partial charge on any atom is -0.444 e. The molecule has 10 aromatic rings. The van der Waals surface area contributed by atoms with Crippen LogP contribution in [0.1, 0.15) is 143 Å². The summed E-state index contributed by atoms with van der Waals surface area (Å²) in [5.74, 6) is -0.972. The smallest absolute Gasteiger partial charge is 0.410 e. The molecule has 0 radical (unpaired) electrons. The molecule has 14 rings (SSSR count). The molecule has 624 valence electrons. The lowest BCUT2D eigenvalue weighted by atomic mass is 9.94. The van der Waals surface area contributed by atoms with Gasteiger partial charge >= 0.3 is 29.7 Å². The van der Waals surface area contributed by atoms with Gasteiger partial charge < -0.3 is 59.8 Å². The zero-order valence-corrected chi connectivity index (χ0v) is 70.5. The van der Waals surface area contributed by atoms with Crippen molar-refractivity contribution in [3.05, 3.63) is 160 Å². The van der Waals surface area contributed by atoms with E-state index in [1.165, 1.54) is 33.2 Å². The van der Waals surface area contributed by atoms with E-state index in [0.29, 0.717) is 106 Å². The Hall–Kier alpha value is -12.2. The first-order chi connectivity index (χ1) is 56.0. The highest BCUT2D eigenvalue weighted by Gasteiger charge is 2.48. The number of nitriles is 3. The topological polar surface area (TPSA) is 481 Å². The number of pyridine rings is 7. The van der Waals surface area contributed by atoms with E-state index in [2.05, 4.69) is 118 Å². The summed E-state index contributed by atoms with van der Waals surface area (Å²) in [5, 5.41) is 50.6. The van der Waals surface area contributed by atoms with E-state index >= 15 is 17.6 Å². The molecule has 119 heavy (non-hydrogen) atoms. The van der Waals surface area contributed by atoms with Crippen LogP contribution >= 0.6 is 47.8 Å². The highest BCUT2D eigenvalue weighted by Crippen LogP contribution is 2.40. The fraction of sp³-hybridized carbons (Fsp3) is 0.416. The van der Waals surface area contributed by atoms with Crippen LogP contribution in [-0.2, 0) is 36.0 Å². The summed E-state index contributed by atoms with van der Waals surface area (Å²) in [4.78, 5) is 125. The van der Waals surface area contributed by atoms with E-state index < -0.39 is 85.7 Å². The molecule has 0 aromatic carbocycles. The summed E-state index contributed by atoms with van der Waals surface area (Å²) in [7, 11) is 0. The molecule has 4 saturated heterocycles. The zero-order chi connectivity index (χ0) is 86.7. The van der Waals surface area contributed by atoms with E-state index in [1.54, 1.807) is 124 Å². The molecule has 0 bridgehead atoms. The summed E-state index contributed by atoms with van der Waals surface area (Å²) >= 11 is 9.43. The first-order valence-electron chi connectivity index (χ1n) is 36.9. The van der Waals surface area contributed by atoms with Crippen LogP contribution in [0.15, 0.2) is 111 Å². The molecule has 10 aromatic heterocycles. The van der Waals surface area contributed by atoms with Gasteiger partial charge in [0.2, 0.25) is 17.3 Å². The molecule has 14 heterocycles. The summed E-state index contributed by atoms with van der Waals surface area (Å²) in [6, 6.07) is 18.8. The van der Waals surface area contributed by atoms with Crippen LogP contribution in [0.5, 0.6) is 0 Å². The Labute approximate surface area is 703 Å². The number of nitrogens with two attached hydrogens (primary N) is 1. The third kappa shape index (κ3) is 23.2. The second kappa shape index (κ2) is 36.7. The largest absolute Gasteiger partial charge is 0.444 e. The zero-order valence-electron chi connectivity index (χ0n) is 65.8. The van der Waals surface area contributed by atoms with Crippen molar-refractivity contribution in [2.45, 2.75) is 153 Å². The first kappa shape index (κ1) is 89.1. The van der Waals surface area contributed by atoms with Crippen LogP contribution in [0.25, 0.3) is 55.7 Å². The number of amides is 4. The van der Waals surface area contributed by atoms with Gasteiger partial charge in [-0.15, -0.1) is 0 Å². The normalized spacial score (nSPS) is 19.2. The number of nitro groups is 2. The van der Waals surface area contributed by atoms with Crippen molar-refractivity contribution in [2.75, 3.05) is 63.4 Å². The lowest BCUT2D eigenvalue weighted by Crippen LogP contribution is -2.54. The average molecular weight is 1830 g/mol. The molecule has 4 fully saturated rings. The number of rotatable bonds is 9. The number of carbonyl (C=O) groups excluding carboxylic acids is 4. The maximum atomic E-state index is 15.9. The second-order valence-corrected chi connectivity index (χ2v) is 33.9. The number of H-pyrrole nitrogens is 3. The van der Waals surface area contributed by atoms with Gasteiger partial charge in [0.15, 0.2) is 40.1 Å². The number of alkyl halides is 4. The summed E-state index contributed by atoms with van der Waals surface area (Å²) < 4.78 is 79.6. The quantitative estimate of drug-likeness (QED) is 0.0294. The Morgan fingerprint density at radius 3 is 1.30 bits per heavy atom. The fourth-order valence-corrected chi connectivity index (χ4v) is 13.7. The van der Waals surface area contributed by atoms with Crippen molar-refractivity contribution >= 4 is 128 Å². The van der Waals surface area contributed by atoms with Crippen LogP contribution < -0.4 is 11.1 Å². The van der Waals surface area contributed by atoms with Crippen molar-refractivity contribution in [2.24, 2.45) is 0 Å². The molecular formula is C77H81Br3F4N24O11. The van der Waals surface area contributed by atoms with Crippen LogP contribution in [-0.4, -0.2) is 193 Å². The monoisotopic (exact) mass is 1830 g/mol. The van der Waals surface area contributed by atoms with Crippen molar-refractivity contribution in [1.82, 2.24) is 84.4 Å². The van der Waals surface area contributed by atoms with Gasteiger partial charge in [-0.1, -0.05) is 0 Å². The number of nitrogens with zero attached hydrogens (tertiary/aromatic N) is 19. The molecule has 4 atom stereocenters. The van der Waals surface area contributed by atoms with Gasteiger partial charge in [-0.2, -0.15) is 15.8 Å². The van der Waals surface area contributed by atoms with Crippen LogP contribution in [0.4, 0.5) is 55.0 Å². The van der Waals surface area contributed by atoms with Crippen LogP contribution in [0.3, 0.4) is 0 Å². The highest BCUT2D eigenvalue weighted by molar-refractivity contribution is 9.11. The van der Waals surface area contributed by atoms with E-state index in [1.807, 2.05) is 30.5 Å². The van der Waals surface area contributed by atoms with Gasteiger partial charge in [-0.05, 0) is 215 Å². The number of ether oxygens (including phenoxy) is 3. The summed E-state index contributed by atoms with van der Waals surface area (Å²) in [6.45, 7) is 16.8. The van der Waals surface area contributed by atoms with Crippen molar-refractivity contribution in [3.63, 3.8) is 0 Å². The maximum Gasteiger partial charge on any atom is 0.410 e. The predicted molar refractivity (Wildman–Crippen MR) is 435 cm³/mol. The average Bonchev–Trinajstić information content (AvgIpc) is 1.62. The number of likely N-dealkylation sites (tertiary alicyclic amines) is 4. The number of nitrogens with one attached hydrogen (secondary N) is 4. The molecule has 0 unspecified atom stereocenters. The number of hydrogen-bond acceptors (Lipinski definition) is 26. The molecule has 4 aliphatic rings. The van der Waals surface area contributed by atoms with Crippen LogP contribution in [0, 0.1) is 54.3 Å². The molecule has 4 aliphatic heterocycles. The number of carbonyl (C=O) groups is 4. The fourth-order valence-electron chi connectivity index (χ4n) is 12.8. The van der Waals surface area contributed by atoms with Crippen molar-refractivity contribution in [1.29, 1.82) is 15.8 Å². The van der Waals surface area contributed by atoms with E-state index in [-0.39, 0.29) is 80.2 Å². The predicted octanol–water partition coefficient (Wildman–Crippen LogP) is 15.4.